The number of carbonyl (C=O) groups is 1. The van der Waals surface area contributed by atoms with Gasteiger partial charge in [-0.3, -0.25) is 9.48 Å². The van der Waals surface area contributed by atoms with Crippen molar-refractivity contribution in [1.82, 2.24) is 14.7 Å². The van der Waals surface area contributed by atoms with E-state index in [0.717, 1.165) is 50.4 Å². The van der Waals surface area contributed by atoms with Gasteiger partial charge in [0.25, 0.3) is 0 Å². The molecule has 1 aliphatic rings. The van der Waals surface area contributed by atoms with Gasteiger partial charge in [-0.15, -0.1) is 0 Å². The molecule has 0 unspecified atom stereocenters. The average molecular weight is 311 g/mol. The highest BCUT2D eigenvalue weighted by molar-refractivity contribution is 5.76. The summed E-state index contributed by atoms with van der Waals surface area (Å²) in [5.41, 5.74) is 2.30. The fourth-order valence-corrected chi connectivity index (χ4v) is 3.07. The lowest BCUT2D eigenvalue weighted by atomic mass is 9.99. The highest BCUT2D eigenvalue weighted by Crippen LogP contribution is 2.19. The van der Waals surface area contributed by atoms with E-state index in [9.17, 15) is 4.79 Å². The van der Waals surface area contributed by atoms with Crippen molar-refractivity contribution in [2.45, 2.75) is 39.2 Å². The average Bonchev–Trinajstić information content (AvgIpc) is 3.05. The number of hydrogen-bond acceptors (Lipinski definition) is 2. The van der Waals surface area contributed by atoms with Gasteiger partial charge < -0.3 is 4.90 Å². The van der Waals surface area contributed by atoms with Crippen LogP contribution < -0.4 is 0 Å². The molecule has 0 radical (unpaired) electrons. The van der Waals surface area contributed by atoms with Crippen LogP contribution in [0.2, 0.25) is 0 Å². The van der Waals surface area contributed by atoms with Gasteiger partial charge in [0.15, 0.2) is 0 Å². The summed E-state index contributed by atoms with van der Waals surface area (Å²) >= 11 is 0. The minimum Gasteiger partial charge on any atom is -0.343 e. The summed E-state index contributed by atoms with van der Waals surface area (Å²) in [5, 5.41) is 4.40. The number of benzene rings is 1. The summed E-state index contributed by atoms with van der Waals surface area (Å²) in [6.07, 6.45) is 7.71. The lowest BCUT2D eigenvalue weighted by molar-refractivity contribution is -0.132. The van der Waals surface area contributed by atoms with E-state index in [1.807, 2.05) is 34.0 Å². The molecule has 1 fully saturated rings. The Kier molecular flexibility index (Phi) is 5.11. The molecule has 0 spiro atoms. The molecule has 23 heavy (non-hydrogen) atoms. The molecule has 122 valence electrons. The molecule has 2 aromatic rings. The van der Waals surface area contributed by atoms with Gasteiger partial charge in [-0.05, 0) is 30.7 Å². The zero-order chi connectivity index (χ0) is 16.1. The van der Waals surface area contributed by atoms with Gasteiger partial charge >= 0.3 is 0 Å². The monoisotopic (exact) mass is 311 g/mol. The number of carbonyl (C=O) groups excluding carboxylic acids is 1. The van der Waals surface area contributed by atoms with Crippen molar-refractivity contribution < 1.29 is 4.79 Å². The minimum absolute atomic E-state index is 0.298. The zero-order valence-electron chi connectivity index (χ0n) is 13.8. The molecular formula is C19H25N3O. The summed E-state index contributed by atoms with van der Waals surface area (Å²) in [4.78, 5) is 14.2. The second-order valence-corrected chi connectivity index (χ2v) is 6.52. The third-order valence-corrected chi connectivity index (χ3v) is 4.65. The number of nitrogens with zero attached hydrogens (tertiary/aromatic N) is 3. The maximum Gasteiger partial charge on any atom is 0.222 e. The minimum atomic E-state index is 0.298. The summed E-state index contributed by atoms with van der Waals surface area (Å²) < 4.78 is 1.94. The standard InChI is InChI=1S/C19H25N3O/c1-16-9-12-21(13-10-16)19(23)8-5-11-22-15-18(14-20-22)17-6-3-2-4-7-17/h2-4,6-7,14-16H,5,8-13H2,1H3. The molecule has 4 nitrogen and oxygen atoms in total. The van der Waals surface area contributed by atoms with Crippen molar-refractivity contribution >= 4 is 5.91 Å². The first-order valence-corrected chi connectivity index (χ1v) is 8.58. The van der Waals surface area contributed by atoms with Crippen LogP contribution >= 0.6 is 0 Å². The van der Waals surface area contributed by atoms with Crippen molar-refractivity contribution in [1.29, 1.82) is 0 Å². The van der Waals surface area contributed by atoms with E-state index < -0.39 is 0 Å². The second kappa shape index (κ2) is 7.44. The topological polar surface area (TPSA) is 38.1 Å². The molecule has 0 N–H and O–H groups in total. The summed E-state index contributed by atoms with van der Waals surface area (Å²) in [6.45, 7) is 4.92. The van der Waals surface area contributed by atoms with Gasteiger partial charge in [0.2, 0.25) is 5.91 Å². The van der Waals surface area contributed by atoms with Crippen molar-refractivity contribution in [3.05, 3.63) is 42.7 Å². The molecule has 2 heterocycles. The molecule has 3 rings (SSSR count). The van der Waals surface area contributed by atoms with Gasteiger partial charge in [0.1, 0.15) is 0 Å². The van der Waals surface area contributed by atoms with E-state index in [-0.39, 0.29) is 0 Å². The van der Waals surface area contributed by atoms with Crippen molar-refractivity contribution in [2.24, 2.45) is 5.92 Å². The molecule has 1 aromatic carbocycles. The predicted molar refractivity (Wildman–Crippen MR) is 91.9 cm³/mol. The van der Waals surface area contributed by atoms with Crippen LogP contribution in [0.4, 0.5) is 0 Å². The van der Waals surface area contributed by atoms with E-state index in [1.54, 1.807) is 0 Å². The molecule has 1 aliphatic heterocycles. The van der Waals surface area contributed by atoms with E-state index >= 15 is 0 Å². The quantitative estimate of drug-likeness (QED) is 0.846. The largest absolute Gasteiger partial charge is 0.343 e. The highest BCUT2D eigenvalue weighted by Gasteiger charge is 2.19. The Hall–Kier alpha value is -2.10. The fourth-order valence-electron chi connectivity index (χ4n) is 3.07. The third-order valence-electron chi connectivity index (χ3n) is 4.65. The Morgan fingerprint density at radius 1 is 1.17 bits per heavy atom. The van der Waals surface area contributed by atoms with Crippen LogP contribution in [0.1, 0.15) is 32.6 Å². The fraction of sp³-hybridized carbons (Fsp3) is 0.474. The van der Waals surface area contributed by atoms with Gasteiger partial charge in [0.05, 0.1) is 6.20 Å². The van der Waals surface area contributed by atoms with Gasteiger partial charge in [-0.2, -0.15) is 5.10 Å². The Morgan fingerprint density at radius 2 is 1.91 bits per heavy atom. The van der Waals surface area contributed by atoms with Crippen molar-refractivity contribution in [3.8, 4) is 11.1 Å². The zero-order valence-corrected chi connectivity index (χ0v) is 13.8. The van der Waals surface area contributed by atoms with E-state index in [0.29, 0.717) is 12.3 Å². The maximum atomic E-state index is 12.2. The molecular weight excluding hydrogens is 286 g/mol. The van der Waals surface area contributed by atoms with Crippen LogP contribution in [-0.2, 0) is 11.3 Å². The van der Waals surface area contributed by atoms with Crippen LogP contribution in [0.15, 0.2) is 42.7 Å². The molecule has 1 aromatic heterocycles. The van der Waals surface area contributed by atoms with Crippen molar-refractivity contribution in [2.75, 3.05) is 13.1 Å². The van der Waals surface area contributed by atoms with E-state index in [4.69, 9.17) is 0 Å². The molecule has 1 amide bonds. The highest BCUT2D eigenvalue weighted by atomic mass is 16.2. The number of aromatic nitrogens is 2. The van der Waals surface area contributed by atoms with Crippen LogP contribution in [-0.4, -0.2) is 33.7 Å². The number of piperidine rings is 1. The molecule has 4 heteroatoms. The van der Waals surface area contributed by atoms with Crippen LogP contribution in [0.5, 0.6) is 0 Å². The third kappa shape index (κ3) is 4.21. The van der Waals surface area contributed by atoms with Crippen LogP contribution in [0.3, 0.4) is 0 Å². The predicted octanol–water partition coefficient (Wildman–Crippen LogP) is 3.59. The second-order valence-electron chi connectivity index (χ2n) is 6.52. The first kappa shape index (κ1) is 15.8. The Labute approximate surface area is 138 Å². The lowest BCUT2D eigenvalue weighted by Gasteiger charge is -2.30. The number of likely N-dealkylation sites (tertiary alicyclic amines) is 1. The van der Waals surface area contributed by atoms with Gasteiger partial charge in [-0.1, -0.05) is 37.3 Å². The van der Waals surface area contributed by atoms with E-state index in [1.165, 1.54) is 5.56 Å². The first-order chi connectivity index (χ1) is 11.2. The van der Waals surface area contributed by atoms with Crippen molar-refractivity contribution in [3.63, 3.8) is 0 Å². The maximum absolute atomic E-state index is 12.2. The number of amides is 1. The number of rotatable bonds is 5. The Morgan fingerprint density at radius 3 is 2.65 bits per heavy atom. The summed E-state index contributed by atoms with van der Waals surface area (Å²) in [7, 11) is 0. The Bertz CT molecular complexity index is 627. The molecule has 0 saturated carbocycles. The normalized spacial score (nSPS) is 15.8. The first-order valence-electron chi connectivity index (χ1n) is 8.58. The molecule has 0 atom stereocenters. The summed E-state index contributed by atoms with van der Waals surface area (Å²) in [6, 6.07) is 10.3. The van der Waals surface area contributed by atoms with E-state index in [2.05, 4.69) is 30.4 Å². The Balaban J connectivity index is 1.46. The van der Waals surface area contributed by atoms with Crippen LogP contribution in [0.25, 0.3) is 11.1 Å². The summed E-state index contributed by atoms with van der Waals surface area (Å²) in [5.74, 6) is 1.06. The van der Waals surface area contributed by atoms with Crippen LogP contribution in [0, 0.1) is 5.92 Å². The molecule has 0 aliphatic carbocycles. The number of aryl methyl sites for hydroxylation is 1. The lowest BCUT2D eigenvalue weighted by Crippen LogP contribution is -2.37. The number of hydrogen-bond donors (Lipinski definition) is 0. The van der Waals surface area contributed by atoms with Gasteiger partial charge in [-0.25, -0.2) is 0 Å². The molecule has 1 saturated heterocycles. The molecule has 0 bridgehead atoms. The smallest absolute Gasteiger partial charge is 0.222 e. The SMILES string of the molecule is CC1CCN(C(=O)CCCn2cc(-c3ccccc3)cn2)CC1. The van der Waals surface area contributed by atoms with Gasteiger partial charge in [0, 0.05) is 37.8 Å².